The average molecular weight is 172 g/mol. The van der Waals surface area contributed by atoms with E-state index >= 15 is 0 Å². The van der Waals surface area contributed by atoms with Crippen molar-refractivity contribution >= 4 is 22.1 Å². The number of nitrogens with two attached hydrogens (primary N) is 2. The monoisotopic (exact) mass is 172 g/mol. The van der Waals surface area contributed by atoms with Gasteiger partial charge in [0.2, 0.25) is 0 Å². The van der Waals surface area contributed by atoms with Crippen molar-refractivity contribution in [2.45, 2.75) is 6.92 Å². The van der Waals surface area contributed by atoms with Crippen LogP contribution in [0.1, 0.15) is 5.56 Å². The van der Waals surface area contributed by atoms with Crippen LogP contribution in [0.4, 0.5) is 11.4 Å². The topological polar surface area (TPSA) is 52.0 Å². The van der Waals surface area contributed by atoms with Crippen LogP contribution >= 0.6 is 0 Å². The maximum Gasteiger partial charge on any atom is 0.0424 e. The summed E-state index contributed by atoms with van der Waals surface area (Å²) in [5, 5.41) is 2.18. The molecule has 66 valence electrons. The van der Waals surface area contributed by atoms with E-state index in [1.807, 2.05) is 31.2 Å². The van der Waals surface area contributed by atoms with Gasteiger partial charge in [-0.15, -0.1) is 0 Å². The third kappa shape index (κ3) is 1.20. The van der Waals surface area contributed by atoms with Gasteiger partial charge in [0.1, 0.15) is 0 Å². The first-order valence-corrected chi connectivity index (χ1v) is 4.23. The van der Waals surface area contributed by atoms with Crippen molar-refractivity contribution in [1.82, 2.24) is 0 Å². The van der Waals surface area contributed by atoms with Gasteiger partial charge in [-0.05, 0) is 30.0 Å². The molecule has 0 fully saturated rings. The highest BCUT2D eigenvalue weighted by Gasteiger charge is 2.00. The third-order valence-corrected chi connectivity index (χ3v) is 2.31. The summed E-state index contributed by atoms with van der Waals surface area (Å²) in [4.78, 5) is 0. The zero-order chi connectivity index (χ0) is 9.42. The van der Waals surface area contributed by atoms with E-state index in [-0.39, 0.29) is 0 Å². The molecular formula is C11H12N2. The van der Waals surface area contributed by atoms with Gasteiger partial charge in [-0.25, -0.2) is 0 Å². The molecule has 0 radical (unpaired) electrons. The molecule has 0 aliphatic rings. The zero-order valence-electron chi connectivity index (χ0n) is 7.54. The van der Waals surface area contributed by atoms with Crippen LogP contribution in [0.25, 0.3) is 10.8 Å². The van der Waals surface area contributed by atoms with E-state index in [0.717, 1.165) is 27.7 Å². The summed E-state index contributed by atoms with van der Waals surface area (Å²) in [7, 11) is 0. The van der Waals surface area contributed by atoms with E-state index in [1.165, 1.54) is 0 Å². The Hall–Kier alpha value is -1.70. The van der Waals surface area contributed by atoms with Crippen LogP contribution < -0.4 is 11.5 Å². The molecule has 2 nitrogen and oxygen atoms in total. The Morgan fingerprint density at radius 3 is 2.46 bits per heavy atom. The quantitative estimate of drug-likeness (QED) is 0.599. The Morgan fingerprint density at radius 1 is 1.00 bits per heavy atom. The molecular weight excluding hydrogens is 160 g/mol. The standard InChI is InChI=1S/C11H12N2/c1-7-2-3-8-4-5-9(12)6-10(8)11(7)13/h2-6H,12-13H2,1H3. The molecule has 2 rings (SSSR count). The molecule has 13 heavy (non-hydrogen) atoms. The minimum atomic E-state index is 0.754. The fourth-order valence-corrected chi connectivity index (χ4v) is 1.47. The van der Waals surface area contributed by atoms with Gasteiger partial charge in [0.05, 0.1) is 0 Å². The second-order valence-corrected chi connectivity index (χ2v) is 3.28. The summed E-state index contributed by atoms with van der Waals surface area (Å²) in [5.74, 6) is 0. The van der Waals surface area contributed by atoms with E-state index in [1.54, 1.807) is 0 Å². The molecule has 0 bridgehead atoms. The van der Waals surface area contributed by atoms with E-state index in [0.29, 0.717) is 0 Å². The van der Waals surface area contributed by atoms with Crippen LogP contribution in [-0.2, 0) is 0 Å². The van der Waals surface area contributed by atoms with Crippen molar-refractivity contribution in [2.75, 3.05) is 11.5 Å². The summed E-state index contributed by atoms with van der Waals surface area (Å²) in [6, 6.07) is 9.86. The molecule has 2 heteroatoms. The Labute approximate surface area is 77.2 Å². The van der Waals surface area contributed by atoms with Crippen molar-refractivity contribution in [3.05, 3.63) is 35.9 Å². The Kier molecular flexibility index (Phi) is 1.62. The summed E-state index contributed by atoms with van der Waals surface area (Å²) in [6.45, 7) is 2.00. The minimum absolute atomic E-state index is 0.754. The number of aryl methyl sites for hydroxylation is 1. The molecule has 0 aliphatic carbocycles. The van der Waals surface area contributed by atoms with Crippen molar-refractivity contribution < 1.29 is 0 Å². The number of hydrogen-bond donors (Lipinski definition) is 2. The van der Waals surface area contributed by atoms with Gasteiger partial charge in [0, 0.05) is 16.8 Å². The molecule has 0 amide bonds. The number of hydrogen-bond acceptors (Lipinski definition) is 2. The lowest BCUT2D eigenvalue weighted by Crippen LogP contribution is -1.92. The number of rotatable bonds is 0. The van der Waals surface area contributed by atoms with E-state index in [9.17, 15) is 0 Å². The molecule has 0 heterocycles. The number of nitrogen functional groups attached to an aromatic ring is 2. The van der Waals surface area contributed by atoms with Gasteiger partial charge < -0.3 is 11.5 Å². The molecule has 0 aliphatic heterocycles. The van der Waals surface area contributed by atoms with Crippen LogP contribution in [-0.4, -0.2) is 0 Å². The Morgan fingerprint density at radius 2 is 1.69 bits per heavy atom. The van der Waals surface area contributed by atoms with Gasteiger partial charge in [-0.2, -0.15) is 0 Å². The number of benzene rings is 2. The summed E-state index contributed by atoms with van der Waals surface area (Å²) in [5.41, 5.74) is 14.3. The van der Waals surface area contributed by atoms with E-state index in [2.05, 4.69) is 6.07 Å². The molecule has 2 aromatic carbocycles. The Balaban J connectivity index is 2.89. The first kappa shape index (κ1) is 7.92. The first-order valence-electron chi connectivity index (χ1n) is 4.23. The SMILES string of the molecule is Cc1ccc2ccc(N)cc2c1N. The molecule has 4 N–H and O–H groups in total. The Bertz CT molecular complexity index is 456. The molecule has 0 saturated heterocycles. The number of anilines is 2. The molecule has 0 spiro atoms. The van der Waals surface area contributed by atoms with E-state index in [4.69, 9.17) is 11.5 Å². The van der Waals surface area contributed by atoms with Crippen LogP contribution in [0, 0.1) is 6.92 Å². The van der Waals surface area contributed by atoms with Crippen molar-refractivity contribution in [1.29, 1.82) is 0 Å². The van der Waals surface area contributed by atoms with Crippen LogP contribution in [0.3, 0.4) is 0 Å². The van der Waals surface area contributed by atoms with Crippen LogP contribution in [0.5, 0.6) is 0 Å². The van der Waals surface area contributed by atoms with Gasteiger partial charge in [-0.1, -0.05) is 18.2 Å². The summed E-state index contributed by atoms with van der Waals surface area (Å²) < 4.78 is 0. The highest BCUT2D eigenvalue weighted by atomic mass is 14.6. The van der Waals surface area contributed by atoms with Crippen molar-refractivity contribution in [3.63, 3.8) is 0 Å². The smallest absolute Gasteiger partial charge is 0.0424 e. The predicted molar refractivity (Wildman–Crippen MR) is 57.5 cm³/mol. The molecule has 0 aromatic heterocycles. The van der Waals surface area contributed by atoms with Crippen LogP contribution in [0.15, 0.2) is 30.3 Å². The minimum Gasteiger partial charge on any atom is -0.399 e. The summed E-state index contributed by atoms with van der Waals surface area (Å²) >= 11 is 0. The lowest BCUT2D eigenvalue weighted by Gasteiger charge is -2.05. The normalized spacial score (nSPS) is 10.5. The molecule has 0 saturated carbocycles. The first-order chi connectivity index (χ1) is 6.18. The molecule has 0 unspecified atom stereocenters. The van der Waals surface area contributed by atoms with E-state index < -0.39 is 0 Å². The highest BCUT2D eigenvalue weighted by molar-refractivity contribution is 5.96. The third-order valence-electron chi connectivity index (χ3n) is 2.31. The maximum atomic E-state index is 5.93. The number of fused-ring (bicyclic) bond motifs is 1. The zero-order valence-corrected chi connectivity index (χ0v) is 7.54. The maximum absolute atomic E-state index is 5.93. The van der Waals surface area contributed by atoms with Gasteiger partial charge in [0.15, 0.2) is 0 Å². The van der Waals surface area contributed by atoms with Crippen molar-refractivity contribution in [2.24, 2.45) is 0 Å². The summed E-state index contributed by atoms with van der Waals surface area (Å²) in [6.07, 6.45) is 0. The van der Waals surface area contributed by atoms with Gasteiger partial charge in [-0.3, -0.25) is 0 Å². The largest absolute Gasteiger partial charge is 0.399 e. The fourth-order valence-electron chi connectivity index (χ4n) is 1.47. The molecule has 2 aromatic rings. The fraction of sp³-hybridized carbons (Fsp3) is 0.0909. The highest BCUT2D eigenvalue weighted by Crippen LogP contribution is 2.25. The van der Waals surface area contributed by atoms with Crippen molar-refractivity contribution in [3.8, 4) is 0 Å². The lowest BCUT2D eigenvalue weighted by molar-refractivity contribution is 1.50. The van der Waals surface area contributed by atoms with Gasteiger partial charge in [0.25, 0.3) is 0 Å². The second-order valence-electron chi connectivity index (χ2n) is 3.28. The average Bonchev–Trinajstić information content (AvgIpc) is 2.12. The van der Waals surface area contributed by atoms with Crippen LogP contribution in [0.2, 0.25) is 0 Å². The predicted octanol–water partition coefficient (Wildman–Crippen LogP) is 2.31. The lowest BCUT2D eigenvalue weighted by atomic mass is 10.0. The molecule has 0 atom stereocenters. The second kappa shape index (κ2) is 2.66. The van der Waals surface area contributed by atoms with Gasteiger partial charge >= 0.3 is 0 Å².